The van der Waals surface area contributed by atoms with Crippen LogP contribution >= 0.6 is 0 Å². The van der Waals surface area contributed by atoms with E-state index in [0.29, 0.717) is 40.5 Å². The molecule has 8 heteroatoms. The molecule has 0 bridgehead atoms. The summed E-state index contributed by atoms with van der Waals surface area (Å²) in [4.78, 5) is 40.4. The van der Waals surface area contributed by atoms with Crippen molar-refractivity contribution in [2.75, 3.05) is 25.2 Å². The van der Waals surface area contributed by atoms with Gasteiger partial charge in [-0.2, -0.15) is 0 Å². The fourth-order valence-corrected chi connectivity index (χ4v) is 4.52. The lowest BCUT2D eigenvalue weighted by Crippen LogP contribution is -2.29. The summed E-state index contributed by atoms with van der Waals surface area (Å²) >= 11 is 0. The molecule has 3 aromatic carbocycles. The molecule has 202 valence electrons. The van der Waals surface area contributed by atoms with Crippen molar-refractivity contribution in [2.24, 2.45) is 0 Å². The first-order valence-electron chi connectivity index (χ1n) is 12.8. The van der Waals surface area contributed by atoms with E-state index in [1.54, 1.807) is 61.5 Å². The summed E-state index contributed by atoms with van der Waals surface area (Å²) in [5, 5.41) is 11.4. The summed E-state index contributed by atoms with van der Waals surface area (Å²) < 4.78 is 16.2. The van der Waals surface area contributed by atoms with Crippen LogP contribution in [0, 0.1) is 6.92 Å². The maximum absolute atomic E-state index is 13.5. The van der Waals surface area contributed by atoms with Gasteiger partial charge in [-0.1, -0.05) is 19.1 Å². The number of hydrogen-bond donors (Lipinski definition) is 1. The highest BCUT2D eigenvalue weighted by atomic mass is 16.5. The lowest BCUT2D eigenvalue weighted by atomic mass is 9.94. The number of aryl methyl sites for hydroxylation is 1. The maximum atomic E-state index is 13.5. The summed E-state index contributed by atoms with van der Waals surface area (Å²) in [6, 6.07) is 17.4. The summed E-state index contributed by atoms with van der Waals surface area (Å²) in [6.45, 7) is 6.37. The molecule has 3 aromatic rings. The third-order valence-corrected chi connectivity index (χ3v) is 6.42. The third kappa shape index (κ3) is 5.50. The zero-order chi connectivity index (χ0) is 28.1. The Hall–Kier alpha value is -4.59. The summed E-state index contributed by atoms with van der Waals surface area (Å²) in [5.41, 5.74) is 2.40. The lowest BCUT2D eigenvalue weighted by Gasteiger charge is -2.26. The van der Waals surface area contributed by atoms with Crippen LogP contribution in [0.2, 0.25) is 0 Å². The average molecular weight is 530 g/mol. The van der Waals surface area contributed by atoms with E-state index in [-0.39, 0.29) is 17.9 Å². The number of nitrogens with zero attached hydrogens (tertiary/aromatic N) is 1. The van der Waals surface area contributed by atoms with Crippen LogP contribution in [0.15, 0.2) is 72.3 Å². The molecule has 0 saturated carbocycles. The van der Waals surface area contributed by atoms with Gasteiger partial charge in [0.15, 0.2) is 0 Å². The lowest BCUT2D eigenvalue weighted by molar-refractivity contribution is -0.132. The van der Waals surface area contributed by atoms with Crippen molar-refractivity contribution < 1.29 is 33.7 Å². The van der Waals surface area contributed by atoms with Gasteiger partial charge in [-0.05, 0) is 86.0 Å². The molecule has 1 atom stereocenters. The number of hydrogen-bond acceptors (Lipinski definition) is 7. The van der Waals surface area contributed by atoms with Crippen LogP contribution in [0.5, 0.6) is 11.5 Å². The van der Waals surface area contributed by atoms with Crippen LogP contribution in [0.4, 0.5) is 5.69 Å². The number of aliphatic hydroxyl groups is 1. The molecule has 1 unspecified atom stereocenters. The van der Waals surface area contributed by atoms with Gasteiger partial charge in [0.1, 0.15) is 17.3 Å². The van der Waals surface area contributed by atoms with Crippen molar-refractivity contribution in [1.29, 1.82) is 0 Å². The number of carbonyl (C=O) groups excluding carboxylic acids is 3. The number of benzene rings is 3. The van der Waals surface area contributed by atoms with Gasteiger partial charge in [-0.3, -0.25) is 14.5 Å². The molecule has 1 heterocycles. The van der Waals surface area contributed by atoms with Gasteiger partial charge in [0.2, 0.25) is 0 Å². The fourth-order valence-electron chi connectivity index (χ4n) is 4.52. The molecule has 0 aromatic heterocycles. The number of esters is 1. The number of anilines is 1. The van der Waals surface area contributed by atoms with Crippen molar-refractivity contribution >= 4 is 29.1 Å². The zero-order valence-electron chi connectivity index (χ0n) is 22.4. The second kappa shape index (κ2) is 11.9. The Morgan fingerprint density at radius 2 is 1.69 bits per heavy atom. The van der Waals surface area contributed by atoms with E-state index in [1.807, 2.05) is 13.8 Å². The Bertz CT molecular complexity index is 1430. The number of carbonyl (C=O) groups is 3. The van der Waals surface area contributed by atoms with Crippen molar-refractivity contribution in [3.8, 4) is 11.5 Å². The Morgan fingerprint density at radius 1 is 0.974 bits per heavy atom. The number of methoxy groups -OCH3 is 1. The molecule has 8 nitrogen and oxygen atoms in total. The normalized spacial score (nSPS) is 16.3. The second-order valence-corrected chi connectivity index (χ2v) is 9.04. The standard InChI is InChI=1S/C31H31NO7/c1-5-16-39-25-15-12-22(17-19(25)3)28(33)26-27(21-8-7-9-24(18-21)37-4)32(30(35)29(26)34)23-13-10-20(11-14-23)31(36)38-6-2/h7-15,17-18,27,33H,5-6,16H2,1-4H3/b28-26-. The van der Waals surface area contributed by atoms with Crippen LogP contribution < -0.4 is 14.4 Å². The first-order chi connectivity index (χ1) is 18.8. The van der Waals surface area contributed by atoms with Crippen molar-refractivity contribution in [3.63, 3.8) is 0 Å². The Balaban J connectivity index is 1.85. The molecule has 1 aliphatic heterocycles. The number of ketones is 1. The minimum absolute atomic E-state index is 0.0515. The molecule has 1 amide bonds. The molecule has 1 saturated heterocycles. The summed E-state index contributed by atoms with van der Waals surface area (Å²) in [6.07, 6.45) is 0.853. The highest BCUT2D eigenvalue weighted by Gasteiger charge is 2.47. The fraction of sp³-hybridized carbons (Fsp3) is 0.258. The van der Waals surface area contributed by atoms with Crippen LogP contribution in [-0.4, -0.2) is 43.1 Å². The maximum Gasteiger partial charge on any atom is 0.338 e. The van der Waals surface area contributed by atoms with E-state index in [0.717, 1.165) is 12.0 Å². The van der Waals surface area contributed by atoms with E-state index in [9.17, 15) is 19.5 Å². The highest BCUT2D eigenvalue weighted by Crippen LogP contribution is 2.43. The molecule has 4 rings (SSSR count). The first kappa shape index (κ1) is 27.4. The molecule has 0 aliphatic carbocycles. The number of ether oxygens (including phenoxy) is 3. The molecular formula is C31H31NO7. The minimum Gasteiger partial charge on any atom is -0.507 e. The summed E-state index contributed by atoms with van der Waals surface area (Å²) in [5.74, 6) is -1.19. The van der Waals surface area contributed by atoms with Gasteiger partial charge in [-0.15, -0.1) is 0 Å². The van der Waals surface area contributed by atoms with E-state index in [1.165, 1.54) is 24.1 Å². The Morgan fingerprint density at radius 3 is 2.33 bits per heavy atom. The third-order valence-electron chi connectivity index (χ3n) is 6.42. The van der Waals surface area contributed by atoms with E-state index >= 15 is 0 Å². The van der Waals surface area contributed by atoms with Crippen molar-refractivity contribution in [2.45, 2.75) is 33.2 Å². The topological polar surface area (TPSA) is 102 Å². The van der Waals surface area contributed by atoms with Gasteiger partial charge < -0.3 is 19.3 Å². The zero-order valence-corrected chi connectivity index (χ0v) is 22.4. The minimum atomic E-state index is -0.940. The molecule has 1 fully saturated rings. The largest absolute Gasteiger partial charge is 0.507 e. The Kier molecular flexibility index (Phi) is 8.34. The smallest absolute Gasteiger partial charge is 0.338 e. The molecule has 0 radical (unpaired) electrons. The predicted octanol–water partition coefficient (Wildman–Crippen LogP) is 5.60. The summed E-state index contributed by atoms with van der Waals surface area (Å²) in [7, 11) is 1.52. The van der Waals surface area contributed by atoms with Crippen LogP contribution in [0.25, 0.3) is 5.76 Å². The van der Waals surface area contributed by atoms with Crippen LogP contribution in [0.3, 0.4) is 0 Å². The predicted molar refractivity (Wildman–Crippen MR) is 147 cm³/mol. The van der Waals surface area contributed by atoms with Gasteiger partial charge in [0.25, 0.3) is 11.7 Å². The van der Waals surface area contributed by atoms with Crippen LogP contribution in [-0.2, 0) is 14.3 Å². The number of aliphatic hydroxyl groups excluding tert-OH is 1. The van der Waals surface area contributed by atoms with Gasteiger partial charge in [-0.25, -0.2) is 4.79 Å². The van der Waals surface area contributed by atoms with Crippen molar-refractivity contribution in [1.82, 2.24) is 0 Å². The molecule has 1 aliphatic rings. The van der Waals surface area contributed by atoms with E-state index in [2.05, 4.69) is 0 Å². The molecule has 0 spiro atoms. The number of rotatable bonds is 9. The number of amides is 1. The van der Waals surface area contributed by atoms with Crippen molar-refractivity contribution in [3.05, 3.63) is 94.6 Å². The molecule has 1 N–H and O–H groups in total. The first-order valence-corrected chi connectivity index (χ1v) is 12.8. The molecule has 39 heavy (non-hydrogen) atoms. The highest BCUT2D eigenvalue weighted by molar-refractivity contribution is 6.51. The van der Waals surface area contributed by atoms with Crippen LogP contribution in [0.1, 0.15) is 53.4 Å². The monoisotopic (exact) mass is 529 g/mol. The van der Waals surface area contributed by atoms with E-state index < -0.39 is 23.7 Å². The van der Waals surface area contributed by atoms with Gasteiger partial charge >= 0.3 is 5.97 Å². The SMILES string of the molecule is CCCOc1ccc(/C(O)=C2/C(=O)C(=O)N(c3ccc(C(=O)OCC)cc3)C2c2cccc(OC)c2)cc1C. The van der Waals surface area contributed by atoms with Gasteiger partial charge in [0.05, 0.1) is 37.5 Å². The average Bonchev–Trinajstić information content (AvgIpc) is 3.22. The second-order valence-electron chi connectivity index (χ2n) is 9.04. The Labute approximate surface area is 227 Å². The molecular weight excluding hydrogens is 498 g/mol. The quantitative estimate of drug-likeness (QED) is 0.167. The van der Waals surface area contributed by atoms with E-state index in [4.69, 9.17) is 14.2 Å². The van der Waals surface area contributed by atoms with Gasteiger partial charge in [0, 0.05) is 11.3 Å². The number of Topliss-reactive ketones (excluding diaryl/α,β-unsaturated/α-hetero) is 1.